The van der Waals surface area contributed by atoms with Crippen LogP contribution in [-0.2, 0) is 19.4 Å². The minimum absolute atomic E-state index is 0.0576. The van der Waals surface area contributed by atoms with Crippen molar-refractivity contribution in [3.63, 3.8) is 0 Å². The van der Waals surface area contributed by atoms with Crippen LogP contribution in [0.4, 0.5) is 0 Å². The maximum absolute atomic E-state index is 12.2. The highest BCUT2D eigenvalue weighted by Crippen LogP contribution is 2.35. The summed E-state index contributed by atoms with van der Waals surface area (Å²) in [7, 11) is -3.17. The number of rotatable bonds is 7. The van der Waals surface area contributed by atoms with Gasteiger partial charge in [-0.25, -0.2) is 8.42 Å². The smallest absolute Gasteiger partial charge is 0.311 e. The zero-order valence-corrected chi connectivity index (χ0v) is 13.4. The van der Waals surface area contributed by atoms with Crippen LogP contribution in [0.25, 0.3) is 0 Å². The quantitative estimate of drug-likeness (QED) is 0.673. The van der Waals surface area contributed by atoms with Gasteiger partial charge in [-0.1, -0.05) is 13.3 Å². The Bertz CT molecular complexity index is 505. The topological polar surface area (TPSA) is 118 Å². The molecule has 7 nitrogen and oxygen atoms in total. The van der Waals surface area contributed by atoms with E-state index >= 15 is 0 Å². The van der Waals surface area contributed by atoms with E-state index in [0.29, 0.717) is 19.4 Å². The molecular weight excluding hydrogens is 296 g/mol. The molecular formula is C13H24N2O5S. The van der Waals surface area contributed by atoms with Gasteiger partial charge in [0, 0.05) is 19.3 Å². The van der Waals surface area contributed by atoms with Gasteiger partial charge in [-0.2, -0.15) is 0 Å². The number of carbonyl (C=O) groups is 2. The van der Waals surface area contributed by atoms with E-state index in [1.165, 1.54) is 4.90 Å². The van der Waals surface area contributed by atoms with Crippen molar-refractivity contribution in [2.75, 3.05) is 25.1 Å². The van der Waals surface area contributed by atoms with Crippen molar-refractivity contribution < 1.29 is 23.1 Å². The summed E-state index contributed by atoms with van der Waals surface area (Å²) < 4.78 is 22.2. The van der Waals surface area contributed by atoms with Gasteiger partial charge in [0.2, 0.25) is 5.91 Å². The van der Waals surface area contributed by atoms with E-state index in [9.17, 15) is 23.1 Å². The Labute approximate surface area is 125 Å². The molecule has 0 aliphatic carbocycles. The van der Waals surface area contributed by atoms with Crippen LogP contribution < -0.4 is 5.73 Å². The first-order valence-electron chi connectivity index (χ1n) is 7.07. The standard InChI is InChI=1S/C13H24N2O5S/c1-3-5-13(12(17)18)6-7-15(9-13)11(16)10(14)4-8-21(2,19)20/h10H,3-9,14H2,1-2H3,(H,17,18). The molecule has 2 atom stereocenters. The van der Waals surface area contributed by atoms with Crippen LogP contribution in [-0.4, -0.2) is 61.4 Å². The highest BCUT2D eigenvalue weighted by atomic mass is 32.2. The van der Waals surface area contributed by atoms with Crippen molar-refractivity contribution in [2.45, 2.75) is 38.6 Å². The molecule has 0 aromatic heterocycles. The molecule has 0 aromatic carbocycles. The molecule has 1 aliphatic rings. The first-order chi connectivity index (χ1) is 9.61. The van der Waals surface area contributed by atoms with Gasteiger partial charge in [-0.05, 0) is 19.3 Å². The van der Waals surface area contributed by atoms with Gasteiger partial charge in [0.1, 0.15) is 9.84 Å². The Hall–Kier alpha value is -1.15. The molecule has 0 spiro atoms. The fourth-order valence-corrected chi connectivity index (χ4v) is 3.41. The Kier molecular flexibility index (Phi) is 5.75. The molecule has 1 rings (SSSR count). The number of amides is 1. The average molecular weight is 320 g/mol. The van der Waals surface area contributed by atoms with Crippen LogP contribution in [0.15, 0.2) is 0 Å². The number of carboxylic acids is 1. The summed E-state index contributed by atoms with van der Waals surface area (Å²) in [5, 5.41) is 9.39. The lowest BCUT2D eigenvalue weighted by Crippen LogP contribution is -2.45. The van der Waals surface area contributed by atoms with Crippen LogP contribution in [0, 0.1) is 5.41 Å². The molecule has 1 aliphatic heterocycles. The van der Waals surface area contributed by atoms with Gasteiger partial charge >= 0.3 is 5.97 Å². The van der Waals surface area contributed by atoms with E-state index in [4.69, 9.17) is 5.73 Å². The van der Waals surface area contributed by atoms with E-state index in [1.807, 2.05) is 6.92 Å². The zero-order valence-electron chi connectivity index (χ0n) is 12.5. The van der Waals surface area contributed by atoms with Gasteiger partial charge in [-0.15, -0.1) is 0 Å². The second-order valence-electron chi connectivity index (χ2n) is 5.87. The van der Waals surface area contributed by atoms with Gasteiger partial charge < -0.3 is 15.7 Å². The van der Waals surface area contributed by atoms with Gasteiger partial charge in [-0.3, -0.25) is 9.59 Å². The van der Waals surface area contributed by atoms with Crippen LogP contribution in [0.1, 0.15) is 32.6 Å². The van der Waals surface area contributed by atoms with E-state index < -0.39 is 27.3 Å². The van der Waals surface area contributed by atoms with Crippen molar-refractivity contribution in [3.05, 3.63) is 0 Å². The Morgan fingerprint density at radius 2 is 2.05 bits per heavy atom. The molecule has 0 aromatic rings. The number of hydrogen-bond acceptors (Lipinski definition) is 5. The molecule has 0 radical (unpaired) electrons. The number of hydrogen-bond donors (Lipinski definition) is 2. The molecule has 3 N–H and O–H groups in total. The monoisotopic (exact) mass is 320 g/mol. The van der Waals surface area contributed by atoms with Crippen molar-refractivity contribution in [3.8, 4) is 0 Å². The summed E-state index contributed by atoms with van der Waals surface area (Å²) >= 11 is 0. The minimum Gasteiger partial charge on any atom is -0.481 e. The highest BCUT2D eigenvalue weighted by molar-refractivity contribution is 7.90. The molecule has 1 fully saturated rings. The third kappa shape index (κ3) is 4.67. The molecule has 1 heterocycles. The van der Waals surface area contributed by atoms with Crippen molar-refractivity contribution in [2.24, 2.45) is 11.1 Å². The van der Waals surface area contributed by atoms with E-state index in [1.54, 1.807) is 0 Å². The molecule has 0 bridgehead atoms. The first kappa shape index (κ1) is 17.9. The third-order valence-corrected chi connectivity index (χ3v) is 4.94. The second-order valence-corrected chi connectivity index (χ2v) is 8.13. The van der Waals surface area contributed by atoms with Crippen molar-refractivity contribution in [1.82, 2.24) is 4.90 Å². The molecule has 122 valence electrons. The summed E-state index contributed by atoms with van der Waals surface area (Å²) in [4.78, 5) is 25.1. The van der Waals surface area contributed by atoms with E-state index in [-0.39, 0.29) is 24.6 Å². The van der Waals surface area contributed by atoms with Gasteiger partial charge in [0.15, 0.2) is 0 Å². The predicted molar refractivity (Wildman–Crippen MR) is 78.5 cm³/mol. The maximum atomic E-state index is 12.2. The lowest BCUT2D eigenvalue weighted by atomic mass is 9.83. The average Bonchev–Trinajstić information content (AvgIpc) is 2.80. The van der Waals surface area contributed by atoms with Crippen LogP contribution in [0.3, 0.4) is 0 Å². The number of likely N-dealkylation sites (tertiary alicyclic amines) is 1. The highest BCUT2D eigenvalue weighted by Gasteiger charge is 2.45. The lowest BCUT2D eigenvalue weighted by molar-refractivity contribution is -0.149. The second kappa shape index (κ2) is 6.74. The lowest BCUT2D eigenvalue weighted by Gasteiger charge is -2.25. The number of carbonyl (C=O) groups excluding carboxylic acids is 1. The fourth-order valence-electron chi connectivity index (χ4n) is 2.72. The Balaban J connectivity index is 2.66. The van der Waals surface area contributed by atoms with Gasteiger partial charge in [0.25, 0.3) is 0 Å². The van der Waals surface area contributed by atoms with Crippen LogP contribution in [0.5, 0.6) is 0 Å². The summed E-state index contributed by atoms with van der Waals surface area (Å²) in [5.74, 6) is -1.39. The van der Waals surface area contributed by atoms with Crippen LogP contribution >= 0.6 is 0 Å². The number of nitrogens with two attached hydrogens (primary N) is 1. The van der Waals surface area contributed by atoms with E-state index in [2.05, 4.69) is 0 Å². The minimum atomic E-state index is -3.17. The van der Waals surface area contributed by atoms with Gasteiger partial charge in [0.05, 0.1) is 17.2 Å². The first-order valence-corrected chi connectivity index (χ1v) is 9.13. The number of carboxylic acid groups (broad SMARTS) is 1. The Morgan fingerprint density at radius 3 is 2.52 bits per heavy atom. The molecule has 2 unspecified atom stereocenters. The summed E-state index contributed by atoms with van der Waals surface area (Å²) in [5.41, 5.74) is 4.85. The largest absolute Gasteiger partial charge is 0.481 e. The predicted octanol–water partition coefficient (Wildman–Crippen LogP) is -0.148. The third-order valence-electron chi connectivity index (χ3n) is 3.96. The summed E-state index contributed by atoms with van der Waals surface area (Å²) in [6, 6.07) is -0.897. The summed E-state index contributed by atoms with van der Waals surface area (Å²) in [6.07, 6.45) is 2.82. The normalized spacial score (nSPS) is 24.0. The molecule has 0 saturated carbocycles. The summed E-state index contributed by atoms with van der Waals surface area (Å²) in [6.45, 7) is 2.42. The SMILES string of the molecule is CCCC1(C(=O)O)CCN(C(=O)C(N)CCS(C)(=O)=O)C1. The molecule has 1 saturated heterocycles. The number of nitrogens with zero attached hydrogens (tertiary/aromatic N) is 1. The van der Waals surface area contributed by atoms with E-state index in [0.717, 1.165) is 12.7 Å². The van der Waals surface area contributed by atoms with Crippen molar-refractivity contribution >= 4 is 21.7 Å². The van der Waals surface area contributed by atoms with Crippen molar-refractivity contribution in [1.29, 1.82) is 0 Å². The number of aliphatic carboxylic acids is 1. The maximum Gasteiger partial charge on any atom is 0.311 e. The number of sulfone groups is 1. The fraction of sp³-hybridized carbons (Fsp3) is 0.846. The van der Waals surface area contributed by atoms with Crippen LogP contribution in [0.2, 0.25) is 0 Å². The zero-order chi connectivity index (χ0) is 16.3. The molecule has 21 heavy (non-hydrogen) atoms. The molecule has 1 amide bonds. The Morgan fingerprint density at radius 1 is 1.43 bits per heavy atom. The molecule has 8 heteroatoms.